The summed E-state index contributed by atoms with van der Waals surface area (Å²) in [7, 11) is 0. The number of nitrogens with two attached hydrogens (primary N) is 1. The average Bonchev–Trinajstić information content (AvgIpc) is 2.35. The Bertz CT molecular complexity index is 320. The minimum Gasteiger partial charge on any atom is -0.491 e. The predicted octanol–water partition coefficient (Wildman–Crippen LogP) is 2.32. The maximum absolute atomic E-state index is 9.36. The minimum absolute atomic E-state index is 0. The fourth-order valence-corrected chi connectivity index (χ4v) is 1.49. The Morgan fingerprint density at radius 3 is 2.59 bits per heavy atom. The van der Waals surface area contributed by atoms with Crippen LogP contribution in [0.25, 0.3) is 0 Å². The number of para-hydroxylation sites is 1. The van der Waals surface area contributed by atoms with E-state index in [1.54, 1.807) is 0 Å². The molecule has 1 aromatic rings. The van der Waals surface area contributed by atoms with E-state index in [4.69, 9.17) is 10.5 Å². The summed E-state index contributed by atoms with van der Waals surface area (Å²) in [5.74, 6) is 1.32. The summed E-state index contributed by atoms with van der Waals surface area (Å²) in [5, 5.41) is 9.36. The van der Waals surface area contributed by atoms with Gasteiger partial charge in [-0.1, -0.05) is 32.0 Å². The summed E-state index contributed by atoms with van der Waals surface area (Å²) >= 11 is 0. The van der Waals surface area contributed by atoms with E-state index in [9.17, 15) is 5.11 Å². The van der Waals surface area contributed by atoms with Crippen molar-refractivity contribution >= 4 is 12.4 Å². The topological polar surface area (TPSA) is 55.5 Å². The van der Waals surface area contributed by atoms with Gasteiger partial charge in [-0.3, -0.25) is 0 Å². The van der Waals surface area contributed by atoms with E-state index in [0.717, 1.165) is 12.2 Å². The van der Waals surface area contributed by atoms with Crippen LogP contribution in [-0.2, 0) is 0 Å². The van der Waals surface area contributed by atoms with Gasteiger partial charge in [0.1, 0.15) is 18.5 Å². The first kappa shape index (κ1) is 16.2. The highest BCUT2D eigenvalue weighted by molar-refractivity contribution is 5.85. The summed E-state index contributed by atoms with van der Waals surface area (Å²) < 4.78 is 5.58. The van der Waals surface area contributed by atoms with E-state index in [2.05, 4.69) is 19.9 Å². The van der Waals surface area contributed by atoms with Crippen molar-refractivity contribution in [2.75, 3.05) is 13.2 Å². The molecule has 0 bridgehead atoms. The van der Waals surface area contributed by atoms with Crippen molar-refractivity contribution in [3.63, 3.8) is 0 Å². The number of hydrogen-bond acceptors (Lipinski definition) is 3. The zero-order chi connectivity index (χ0) is 12.0. The molecule has 2 unspecified atom stereocenters. The van der Waals surface area contributed by atoms with E-state index < -0.39 is 6.10 Å². The van der Waals surface area contributed by atoms with Crippen LogP contribution in [0.4, 0.5) is 0 Å². The zero-order valence-electron chi connectivity index (χ0n) is 10.4. The van der Waals surface area contributed by atoms with Crippen molar-refractivity contribution in [3.05, 3.63) is 29.8 Å². The summed E-state index contributed by atoms with van der Waals surface area (Å²) in [4.78, 5) is 0. The highest BCUT2D eigenvalue weighted by Crippen LogP contribution is 2.28. The lowest BCUT2D eigenvalue weighted by Crippen LogP contribution is -2.26. The molecule has 0 aliphatic rings. The van der Waals surface area contributed by atoms with Gasteiger partial charge in [0.15, 0.2) is 0 Å². The lowest BCUT2D eigenvalue weighted by molar-refractivity contribution is 0.113. The van der Waals surface area contributed by atoms with Crippen LogP contribution in [0.2, 0.25) is 0 Å². The van der Waals surface area contributed by atoms with Gasteiger partial charge in [-0.15, -0.1) is 12.4 Å². The lowest BCUT2D eigenvalue weighted by atomic mass is 9.98. The molecule has 0 aliphatic carbocycles. The first-order chi connectivity index (χ1) is 7.69. The van der Waals surface area contributed by atoms with Crippen molar-refractivity contribution in [3.8, 4) is 5.75 Å². The van der Waals surface area contributed by atoms with Crippen LogP contribution in [0.15, 0.2) is 24.3 Å². The summed E-state index contributed by atoms with van der Waals surface area (Å²) in [5.41, 5.74) is 6.52. The Kier molecular flexibility index (Phi) is 7.96. The molecule has 0 saturated heterocycles. The maximum atomic E-state index is 9.36. The average molecular weight is 260 g/mol. The summed E-state index contributed by atoms with van der Waals surface area (Å²) in [6.45, 7) is 4.80. The minimum atomic E-state index is -0.593. The van der Waals surface area contributed by atoms with Crippen LogP contribution >= 0.6 is 12.4 Å². The van der Waals surface area contributed by atoms with Crippen LogP contribution < -0.4 is 10.5 Å². The molecular weight excluding hydrogens is 238 g/mol. The van der Waals surface area contributed by atoms with Crippen LogP contribution in [0.1, 0.15) is 31.7 Å². The number of hydrogen-bond donors (Lipinski definition) is 2. The van der Waals surface area contributed by atoms with E-state index in [0.29, 0.717) is 5.92 Å². The van der Waals surface area contributed by atoms with Crippen molar-refractivity contribution < 1.29 is 9.84 Å². The molecule has 1 rings (SSSR count). The number of ether oxygens (including phenoxy) is 1. The number of benzene rings is 1. The SMILES string of the molecule is CCC(C)c1ccccc1OCC(O)CN.Cl. The second-order valence-electron chi connectivity index (χ2n) is 4.05. The van der Waals surface area contributed by atoms with Crippen molar-refractivity contribution in [2.24, 2.45) is 5.73 Å². The maximum Gasteiger partial charge on any atom is 0.122 e. The fraction of sp³-hybridized carbons (Fsp3) is 0.538. The molecule has 2 atom stereocenters. The van der Waals surface area contributed by atoms with Gasteiger partial charge in [0, 0.05) is 6.54 Å². The lowest BCUT2D eigenvalue weighted by Gasteiger charge is -2.17. The third-order valence-corrected chi connectivity index (χ3v) is 2.77. The van der Waals surface area contributed by atoms with Gasteiger partial charge in [0.25, 0.3) is 0 Å². The fourth-order valence-electron chi connectivity index (χ4n) is 1.49. The van der Waals surface area contributed by atoms with Gasteiger partial charge in [0.2, 0.25) is 0 Å². The third kappa shape index (κ3) is 4.94. The molecule has 0 aliphatic heterocycles. The Morgan fingerprint density at radius 1 is 1.35 bits per heavy atom. The second kappa shape index (κ2) is 8.34. The highest BCUT2D eigenvalue weighted by Gasteiger charge is 2.10. The predicted molar refractivity (Wildman–Crippen MR) is 73.0 cm³/mol. The van der Waals surface area contributed by atoms with Crippen LogP contribution in [0.3, 0.4) is 0 Å². The highest BCUT2D eigenvalue weighted by atomic mass is 35.5. The van der Waals surface area contributed by atoms with Crippen LogP contribution in [0, 0.1) is 0 Å². The normalized spacial score (nSPS) is 13.6. The van der Waals surface area contributed by atoms with Gasteiger partial charge in [-0.2, -0.15) is 0 Å². The van der Waals surface area contributed by atoms with E-state index in [1.165, 1.54) is 5.56 Å². The molecule has 0 aromatic heterocycles. The molecule has 0 radical (unpaired) electrons. The molecule has 17 heavy (non-hydrogen) atoms. The smallest absolute Gasteiger partial charge is 0.122 e. The Balaban J connectivity index is 0.00000256. The third-order valence-electron chi connectivity index (χ3n) is 2.77. The standard InChI is InChI=1S/C13H21NO2.ClH/c1-3-10(2)12-6-4-5-7-13(12)16-9-11(15)8-14;/h4-7,10-11,15H,3,8-9,14H2,1-2H3;1H. The molecule has 98 valence electrons. The first-order valence-electron chi connectivity index (χ1n) is 5.78. The van der Waals surface area contributed by atoms with E-state index >= 15 is 0 Å². The van der Waals surface area contributed by atoms with Crippen molar-refractivity contribution in [1.82, 2.24) is 0 Å². The molecule has 0 saturated carbocycles. The Morgan fingerprint density at radius 2 is 2.00 bits per heavy atom. The van der Waals surface area contributed by atoms with Gasteiger partial charge >= 0.3 is 0 Å². The Hall–Kier alpha value is -0.770. The zero-order valence-corrected chi connectivity index (χ0v) is 11.2. The summed E-state index contributed by atoms with van der Waals surface area (Å²) in [6.07, 6.45) is 0.477. The Labute approximate surface area is 109 Å². The van der Waals surface area contributed by atoms with Crippen molar-refractivity contribution in [1.29, 1.82) is 0 Å². The molecule has 0 heterocycles. The number of aliphatic hydroxyl groups excluding tert-OH is 1. The second-order valence-corrected chi connectivity index (χ2v) is 4.05. The molecule has 3 N–H and O–H groups in total. The van der Waals surface area contributed by atoms with Gasteiger partial charge in [0.05, 0.1) is 0 Å². The molecule has 0 fully saturated rings. The number of halogens is 1. The van der Waals surface area contributed by atoms with E-state index in [1.807, 2.05) is 18.2 Å². The molecule has 1 aromatic carbocycles. The van der Waals surface area contributed by atoms with Gasteiger partial charge in [-0.25, -0.2) is 0 Å². The monoisotopic (exact) mass is 259 g/mol. The van der Waals surface area contributed by atoms with Gasteiger partial charge in [-0.05, 0) is 24.0 Å². The molecular formula is C13H22ClNO2. The molecule has 3 nitrogen and oxygen atoms in total. The number of rotatable bonds is 6. The molecule has 0 amide bonds. The first-order valence-corrected chi connectivity index (χ1v) is 5.78. The quantitative estimate of drug-likeness (QED) is 0.824. The molecule has 0 spiro atoms. The van der Waals surface area contributed by atoms with E-state index in [-0.39, 0.29) is 25.6 Å². The van der Waals surface area contributed by atoms with Crippen molar-refractivity contribution in [2.45, 2.75) is 32.3 Å². The number of aliphatic hydroxyl groups is 1. The van der Waals surface area contributed by atoms with Crippen LogP contribution in [0.5, 0.6) is 5.75 Å². The molecule has 4 heteroatoms. The van der Waals surface area contributed by atoms with Crippen LogP contribution in [-0.4, -0.2) is 24.4 Å². The largest absolute Gasteiger partial charge is 0.491 e. The summed E-state index contributed by atoms with van der Waals surface area (Å²) in [6, 6.07) is 7.95. The van der Waals surface area contributed by atoms with Gasteiger partial charge < -0.3 is 15.6 Å².